The first-order valence-electron chi connectivity index (χ1n) is 11.7. The number of piperidine rings is 1. The van der Waals surface area contributed by atoms with Gasteiger partial charge in [0.05, 0.1) is 6.61 Å². The summed E-state index contributed by atoms with van der Waals surface area (Å²) in [5.74, 6) is 1.47. The van der Waals surface area contributed by atoms with Crippen LogP contribution in [0.15, 0.2) is 48.5 Å². The molecule has 0 unspecified atom stereocenters. The third-order valence-electron chi connectivity index (χ3n) is 6.96. The van der Waals surface area contributed by atoms with Crippen molar-refractivity contribution in [1.82, 2.24) is 10.2 Å². The van der Waals surface area contributed by atoms with Gasteiger partial charge in [-0.1, -0.05) is 42.5 Å². The second-order valence-corrected chi connectivity index (χ2v) is 9.33. The van der Waals surface area contributed by atoms with Gasteiger partial charge < -0.3 is 19.7 Å². The van der Waals surface area contributed by atoms with Crippen LogP contribution in [0.4, 0.5) is 9.18 Å². The van der Waals surface area contributed by atoms with E-state index in [1.807, 2.05) is 30.3 Å². The van der Waals surface area contributed by atoms with E-state index in [4.69, 9.17) is 9.47 Å². The topological polar surface area (TPSA) is 50.8 Å². The molecule has 5 rings (SSSR count). The van der Waals surface area contributed by atoms with E-state index in [0.717, 1.165) is 37.2 Å². The third-order valence-corrected chi connectivity index (χ3v) is 6.96. The molecular formula is C26H31FN2O3. The summed E-state index contributed by atoms with van der Waals surface area (Å²) in [5.41, 5.74) is 2.31. The Morgan fingerprint density at radius 2 is 2.00 bits per heavy atom. The monoisotopic (exact) mass is 438 g/mol. The predicted molar refractivity (Wildman–Crippen MR) is 121 cm³/mol. The first-order chi connectivity index (χ1) is 15.6. The lowest BCUT2D eigenvalue weighted by molar-refractivity contribution is 0.0408. The highest BCUT2D eigenvalue weighted by Gasteiger charge is 2.42. The number of nitrogens with zero attached hydrogens (tertiary/aromatic N) is 1. The lowest BCUT2D eigenvalue weighted by Gasteiger charge is -2.36. The van der Waals surface area contributed by atoms with Gasteiger partial charge in [0.2, 0.25) is 0 Å². The first kappa shape index (κ1) is 21.3. The number of ether oxygens (including phenoxy) is 2. The maximum atomic E-state index is 15.3. The summed E-state index contributed by atoms with van der Waals surface area (Å²) in [7, 11) is 0. The molecular weight excluding hydrogens is 407 g/mol. The van der Waals surface area contributed by atoms with Gasteiger partial charge in [0.25, 0.3) is 0 Å². The number of nitrogens with one attached hydrogen (secondary N) is 1. The van der Waals surface area contributed by atoms with Crippen LogP contribution in [0.3, 0.4) is 0 Å². The molecule has 0 aromatic heterocycles. The number of halogens is 1. The van der Waals surface area contributed by atoms with E-state index in [0.29, 0.717) is 44.4 Å². The van der Waals surface area contributed by atoms with Crippen LogP contribution >= 0.6 is 0 Å². The molecule has 1 saturated heterocycles. The van der Waals surface area contributed by atoms with Gasteiger partial charge in [0.1, 0.15) is 18.0 Å². The Bertz CT molecular complexity index is 943. The summed E-state index contributed by atoms with van der Waals surface area (Å²) in [5, 5.41) is 3.45. The Kier molecular flexibility index (Phi) is 6.05. The zero-order valence-corrected chi connectivity index (χ0v) is 18.4. The van der Waals surface area contributed by atoms with E-state index in [9.17, 15) is 4.79 Å². The Balaban J connectivity index is 1.06. The Hall–Kier alpha value is -2.60. The molecule has 170 valence electrons. The van der Waals surface area contributed by atoms with E-state index in [1.165, 1.54) is 11.1 Å². The number of aryl methyl sites for hydroxylation is 1. The van der Waals surface area contributed by atoms with Crippen molar-refractivity contribution < 1.29 is 18.7 Å². The van der Waals surface area contributed by atoms with Crippen LogP contribution in [0.2, 0.25) is 0 Å². The van der Waals surface area contributed by atoms with E-state index < -0.39 is 5.67 Å². The number of carbonyl (C=O) groups is 1. The minimum atomic E-state index is -1.27. The van der Waals surface area contributed by atoms with Crippen LogP contribution in [0.5, 0.6) is 5.75 Å². The number of alkyl halides is 1. The van der Waals surface area contributed by atoms with Gasteiger partial charge in [-0.3, -0.25) is 0 Å². The highest BCUT2D eigenvalue weighted by Crippen LogP contribution is 2.43. The van der Waals surface area contributed by atoms with Gasteiger partial charge in [-0.2, -0.15) is 0 Å². The van der Waals surface area contributed by atoms with Gasteiger partial charge >= 0.3 is 6.09 Å². The molecule has 2 aromatic carbocycles. The lowest BCUT2D eigenvalue weighted by Crippen LogP contribution is -2.49. The van der Waals surface area contributed by atoms with E-state index >= 15 is 4.39 Å². The van der Waals surface area contributed by atoms with Crippen molar-refractivity contribution >= 4 is 6.09 Å². The number of fused-ring (bicyclic) bond motifs is 1. The van der Waals surface area contributed by atoms with Gasteiger partial charge in [0, 0.05) is 44.4 Å². The molecule has 1 saturated carbocycles. The van der Waals surface area contributed by atoms with Gasteiger partial charge in [-0.15, -0.1) is 0 Å². The number of rotatable bonds is 6. The molecule has 5 nitrogen and oxygen atoms in total. The van der Waals surface area contributed by atoms with Crippen molar-refractivity contribution in [3.05, 3.63) is 65.2 Å². The molecule has 32 heavy (non-hydrogen) atoms. The second kappa shape index (κ2) is 9.10. The van der Waals surface area contributed by atoms with Gasteiger partial charge in [0.15, 0.2) is 0 Å². The average Bonchev–Trinajstić information content (AvgIpc) is 3.62. The molecule has 2 fully saturated rings. The number of hydrogen-bond donors (Lipinski definition) is 1. The van der Waals surface area contributed by atoms with Crippen molar-refractivity contribution in [3.63, 3.8) is 0 Å². The van der Waals surface area contributed by atoms with Crippen molar-refractivity contribution in [2.24, 2.45) is 0 Å². The van der Waals surface area contributed by atoms with E-state index in [2.05, 4.69) is 23.5 Å². The number of benzene rings is 2. The smallest absolute Gasteiger partial charge is 0.410 e. The maximum absolute atomic E-state index is 15.3. The summed E-state index contributed by atoms with van der Waals surface area (Å²) in [6.07, 6.45) is 3.52. The summed E-state index contributed by atoms with van der Waals surface area (Å²) < 4.78 is 26.4. The molecule has 0 bridgehead atoms. The van der Waals surface area contributed by atoms with Gasteiger partial charge in [-0.25, -0.2) is 9.18 Å². The lowest BCUT2D eigenvalue weighted by atomic mass is 9.93. The van der Waals surface area contributed by atoms with Crippen LogP contribution in [-0.4, -0.2) is 48.9 Å². The normalized spacial score (nSPS) is 23.7. The standard InChI is InChI=1S/C26H31FN2O3/c27-26(10-12-29(13-11-26)25(30)32-17-19-5-2-1-3-6-19)18-28-23-16-22(23)20-8-9-24-21(15-20)7-4-14-31-24/h1-3,5-6,8-9,15,22-23,28H,4,7,10-14,16-18H2/t22-,23+/m0/s1. The third kappa shape index (κ3) is 4.90. The fraction of sp³-hybridized carbons (Fsp3) is 0.500. The molecule has 1 amide bonds. The van der Waals surface area contributed by atoms with Gasteiger partial charge in [-0.05, 0) is 42.0 Å². The van der Waals surface area contributed by atoms with Crippen LogP contribution in [0.1, 0.15) is 48.3 Å². The zero-order chi connectivity index (χ0) is 22.0. The van der Waals surface area contributed by atoms with Crippen molar-refractivity contribution in [2.75, 3.05) is 26.2 Å². The highest BCUT2D eigenvalue weighted by atomic mass is 19.1. The summed E-state index contributed by atoms with van der Waals surface area (Å²) in [6.45, 7) is 2.18. The van der Waals surface area contributed by atoms with Crippen LogP contribution in [-0.2, 0) is 17.8 Å². The average molecular weight is 439 g/mol. The number of hydrogen-bond acceptors (Lipinski definition) is 4. The maximum Gasteiger partial charge on any atom is 0.410 e. The number of likely N-dealkylation sites (tertiary alicyclic amines) is 1. The van der Waals surface area contributed by atoms with Crippen molar-refractivity contribution in [2.45, 2.75) is 56.3 Å². The fourth-order valence-electron chi connectivity index (χ4n) is 4.79. The molecule has 2 aromatic rings. The molecule has 0 radical (unpaired) electrons. The van der Waals surface area contributed by atoms with Crippen LogP contribution in [0, 0.1) is 0 Å². The Morgan fingerprint density at radius 3 is 2.81 bits per heavy atom. The number of amides is 1. The molecule has 2 aliphatic heterocycles. The SMILES string of the molecule is O=C(OCc1ccccc1)N1CCC(F)(CN[C@@H]2C[C@H]2c2ccc3c(c2)CCCO3)CC1. The Morgan fingerprint density at radius 1 is 1.19 bits per heavy atom. The van der Waals surface area contributed by atoms with Crippen molar-refractivity contribution in [3.8, 4) is 5.75 Å². The minimum Gasteiger partial charge on any atom is -0.493 e. The molecule has 2 heterocycles. The predicted octanol–water partition coefficient (Wildman–Crippen LogP) is 4.60. The fourth-order valence-corrected chi connectivity index (χ4v) is 4.79. The summed E-state index contributed by atoms with van der Waals surface area (Å²) in [6, 6.07) is 16.4. The molecule has 2 atom stereocenters. The molecule has 1 N–H and O–H groups in total. The minimum absolute atomic E-state index is 0.246. The number of carbonyl (C=O) groups excluding carboxylic acids is 1. The highest BCUT2D eigenvalue weighted by molar-refractivity contribution is 5.67. The molecule has 1 aliphatic carbocycles. The Labute approximate surface area is 188 Å². The largest absolute Gasteiger partial charge is 0.493 e. The molecule has 6 heteroatoms. The quantitative estimate of drug-likeness (QED) is 0.716. The van der Waals surface area contributed by atoms with Crippen LogP contribution < -0.4 is 10.1 Å². The van der Waals surface area contributed by atoms with Crippen molar-refractivity contribution in [1.29, 1.82) is 0 Å². The first-order valence-corrected chi connectivity index (χ1v) is 11.7. The summed E-state index contributed by atoms with van der Waals surface area (Å²) >= 11 is 0. The zero-order valence-electron chi connectivity index (χ0n) is 18.4. The molecule has 0 spiro atoms. The summed E-state index contributed by atoms with van der Waals surface area (Å²) in [4.78, 5) is 13.9. The van der Waals surface area contributed by atoms with E-state index in [1.54, 1.807) is 4.90 Å². The van der Waals surface area contributed by atoms with Crippen LogP contribution in [0.25, 0.3) is 0 Å². The van der Waals surface area contributed by atoms with E-state index in [-0.39, 0.29) is 12.7 Å². The molecule has 3 aliphatic rings. The second-order valence-electron chi connectivity index (χ2n) is 9.33.